The largest absolute Gasteiger partial charge is 0.147 e. The molecule has 0 spiro atoms. The van der Waals surface area contributed by atoms with E-state index in [4.69, 9.17) is 0 Å². The maximum atomic E-state index is 2.39. The van der Waals surface area contributed by atoms with E-state index in [1.165, 1.54) is 56.5 Å². The molecule has 88 valence electrons. The zero-order valence-electron chi connectivity index (χ0n) is 9.91. The summed E-state index contributed by atoms with van der Waals surface area (Å²) in [4.78, 5) is 0. The van der Waals surface area contributed by atoms with Gasteiger partial charge in [-0.2, -0.15) is 0 Å². The minimum atomic E-state index is 0.915. The van der Waals surface area contributed by atoms with Crippen LogP contribution in [0.1, 0.15) is 51.9 Å². The van der Waals surface area contributed by atoms with Gasteiger partial charge in [-0.1, -0.05) is 31.9 Å². The van der Waals surface area contributed by atoms with Gasteiger partial charge in [-0.25, -0.2) is 0 Å². The van der Waals surface area contributed by atoms with Crippen LogP contribution >= 0.6 is 23.5 Å². The summed E-state index contributed by atoms with van der Waals surface area (Å²) < 4.78 is 0.915. The van der Waals surface area contributed by atoms with E-state index >= 15 is 0 Å². The lowest BCUT2D eigenvalue weighted by Gasteiger charge is -2.04. The van der Waals surface area contributed by atoms with Crippen LogP contribution in [0.5, 0.6) is 0 Å². The van der Waals surface area contributed by atoms with Crippen molar-refractivity contribution in [2.45, 2.75) is 56.5 Å². The molecule has 0 radical (unpaired) electrons. The van der Waals surface area contributed by atoms with Gasteiger partial charge in [0.25, 0.3) is 0 Å². The van der Waals surface area contributed by atoms with Crippen molar-refractivity contribution in [1.82, 2.24) is 0 Å². The van der Waals surface area contributed by atoms with E-state index < -0.39 is 0 Å². The van der Waals surface area contributed by atoms with E-state index in [0.717, 1.165) is 4.58 Å². The molecule has 1 rings (SSSR count). The zero-order chi connectivity index (χ0) is 10.8. The fourth-order valence-corrected chi connectivity index (χ4v) is 4.65. The van der Waals surface area contributed by atoms with Crippen LogP contribution in [-0.4, -0.2) is 16.1 Å². The minimum Gasteiger partial charge on any atom is -0.147 e. The van der Waals surface area contributed by atoms with Crippen LogP contribution in [0.15, 0.2) is 12.2 Å². The van der Waals surface area contributed by atoms with Crippen LogP contribution < -0.4 is 0 Å². The van der Waals surface area contributed by atoms with Crippen molar-refractivity contribution >= 4 is 23.5 Å². The highest BCUT2D eigenvalue weighted by molar-refractivity contribution is 8.20. The van der Waals surface area contributed by atoms with Crippen molar-refractivity contribution in [3.63, 3.8) is 0 Å². The molecule has 0 nitrogen and oxygen atoms in total. The second kappa shape index (κ2) is 9.65. The van der Waals surface area contributed by atoms with Gasteiger partial charge in [0.15, 0.2) is 0 Å². The minimum absolute atomic E-state index is 0.915. The van der Waals surface area contributed by atoms with E-state index in [9.17, 15) is 0 Å². The lowest BCUT2D eigenvalue weighted by Crippen LogP contribution is -1.90. The molecule has 1 aliphatic heterocycles. The summed E-state index contributed by atoms with van der Waals surface area (Å²) in [5.41, 5.74) is 0. The molecule has 2 heteroatoms. The van der Waals surface area contributed by atoms with E-state index in [1.54, 1.807) is 0 Å². The number of hydrogen-bond donors (Lipinski definition) is 0. The highest BCUT2D eigenvalue weighted by Gasteiger charge is 2.14. The SMILES string of the molecule is CCCCC/C=C\CCCC1SCCS1. The van der Waals surface area contributed by atoms with Crippen LogP contribution in [-0.2, 0) is 0 Å². The quantitative estimate of drug-likeness (QED) is 0.430. The predicted octanol–water partition coefficient (Wildman–Crippen LogP) is 5.10. The number of allylic oxidation sites excluding steroid dienone is 2. The molecular formula is C13H24S2. The van der Waals surface area contributed by atoms with Crippen LogP contribution in [0, 0.1) is 0 Å². The molecule has 1 saturated heterocycles. The summed E-state index contributed by atoms with van der Waals surface area (Å²) in [6.07, 6.45) is 14.3. The van der Waals surface area contributed by atoms with Crippen LogP contribution in [0.3, 0.4) is 0 Å². The first-order valence-electron chi connectivity index (χ1n) is 6.31. The molecule has 1 aliphatic rings. The fourth-order valence-electron chi connectivity index (χ4n) is 1.72. The molecule has 0 aliphatic carbocycles. The first kappa shape index (κ1) is 13.5. The lowest BCUT2D eigenvalue weighted by atomic mass is 10.2. The summed E-state index contributed by atoms with van der Waals surface area (Å²) in [5, 5.41) is 0. The van der Waals surface area contributed by atoms with Crippen LogP contribution in [0.25, 0.3) is 0 Å². The Morgan fingerprint density at radius 2 is 1.67 bits per heavy atom. The molecule has 0 amide bonds. The molecule has 1 heterocycles. The zero-order valence-corrected chi connectivity index (χ0v) is 11.5. The summed E-state index contributed by atoms with van der Waals surface area (Å²) in [6.45, 7) is 2.26. The molecule has 0 atom stereocenters. The second-order valence-corrected chi connectivity index (χ2v) is 6.99. The maximum Gasteiger partial charge on any atom is 0.0503 e. The summed E-state index contributed by atoms with van der Waals surface area (Å²) in [5.74, 6) is 2.75. The summed E-state index contributed by atoms with van der Waals surface area (Å²) >= 11 is 4.31. The Morgan fingerprint density at radius 1 is 1.00 bits per heavy atom. The molecule has 15 heavy (non-hydrogen) atoms. The van der Waals surface area contributed by atoms with Crippen molar-refractivity contribution in [3.05, 3.63) is 12.2 Å². The third-order valence-corrected chi connectivity index (χ3v) is 5.81. The molecule has 0 saturated carbocycles. The summed E-state index contributed by atoms with van der Waals surface area (Å²) in [7, 11) is 0. The Labute approximate surface area is 104 Å². The smallest absolute Gasteiger partial charge is 0.0503 e. The monoisotopic (exact) mass is 244 g/mol. The van der Waals surface area contributed by atoms with Gasteiger partial charge in [0, 0.05) is 11.5 Å². The molecule has 0 bridgehead atoms. The average Bonchev–Trinajstić information content (AvgIpc) is 2.75. The van der Waals surface area contributed by atoms with Crippen molar-refractivity contribution in [3.8, 4) is 0 Å². The maximum absolute atomic E-state index is 2.39. The third-order valence-electron chi connectivity index (χ3n) is 2.64. The van der Waals surface area contributed by atoms with E-state index in [2.05, 4.69) is 42.6 Å². The first-order valence-corrected chi connectivity index (χ1v) is 8.41. The number of rotatable bonds is 8. The lowest BCUT2D eigenvalue weighted by molar-refractivity contribution is 0.726. The van der Waals surface area contributed by atoms with Crippen molar-refractivity contribution in [1.29, 1.82) is 0 Å². The molecule has 0 N–H and O–H groups in total. The van der Waals surface area contributed by atoms with Gasteiger partial charge in [0.05, 0.1) is 4.58 Å². The van der Waals surface area contributed by atoms with Gasteiger partial charge >= 0.3 is 0 Å². The Bertz CT molecular complexity index is 160. The predicted molar refractivity (Wildman–Crippen MR) is 75.8 cm³/mol. The Balaban J connectivity index is 1.83. The number of unbranched alkanes of at least 4 members (excludes halogenated alkanes) is 4. The van der Waals surface area contributed by atoms with Gasteiger partial charge in [-0.05, 0) is 32.1 Å². The molecule has 0 aromatic carbocycles. The van der Waals surface area contributed by atoms with Gasteiger partial charge < -0.3 is 0 Å². The van der Waals surface area contributed by atoms with Gasteiger partial charge in [0.1, 0.15) is 0 Å². The van der Waals surface area contributed by atoms with E-state index in [0.29, 0.717) is 0 Å². The normalized spacial score (nSPS) is 17.9. The average molecular weight is 244 g/mol. The highest BCUT2D eigenvalue weighted by atomic mass is 32.2. The van der Waals surface area contributed by atoms with Gasteiger partial charge in [0.2, 0.25) is 0 Å². The van der Waals surface area contributed by atoms with E-state index in [-0.39, 0.29) is 0 Å². The highest BCUT2D eigenvalue weighted by Crippen LogP contribution is 2.35. The van der Waals surface area contributed by atoms with Crippen molar-refractivity contribution < 1.29 is 0 Å². The second-order valence-electron chi connectivity index (χ2n) is 4.07. The van der Waals surface area contributed by atoms with Crippen molar-refractivity contribution in [2.75, 3.05) is 11.5 Å². The van der Waals surface area contributed by atoms with Gasteiger partial charge in [-0.3, -0.25) is 0 Å². The fraction of sp³-hybridized carbons (Fsp3) is 0.846. The molecule has 0 aromatic heterocycles. The summed E-state index contributed by atoms with van der Waals surface area (Å²) in [6, 6.07) is 0. The molecule has 1 fully saturated rings. The Hall–Kier alpha value is 0.440. The van der Waals surface area contributed by atoms with Crippen molar-refractivity contribution in [2.24, 2.45) is 0 Å². The topological polar surface area (TPSA) is 0 Å². The Morgan fingerprint density at radius 3 is 2.33 bits per heavy atom. The standard InChI is InChI=1S/C13H24S2/c1-2-3-4-5-6-7-8-9-10-13-14-11-12-15-13/h6-7,13H,2-5,8-12H2,1H3/b7-6-. The van der Waals surface area contributed by atoms with Gasteiger partial charge in [-0.15, -0.1) is 23.5 Å². The third kappa shape index (κ3) is 7.35. The van der Waals surface area contributed by atoms with Crippen LogP contribution in [0.2, 0.25) is 0 Å². The Kier molecular flexibility index (Phi) is 8.69. The molecular weight excluding hydrogens is 220 g/mol. The van der Waals surface area contributed by atoms with Crippen LogP contribution in [0.4, 0.5) is 0 Å². The van der Waals surface area contributed by atoms with E-state index in [1.807, 2.05) is 0 Å². The number of thioether (sulfide) groups is 2. The molecule has 0 unspecified atom stereocenters. The molecule has 0 aromatic rings. The first-order chi connectivity index (χ1) is 7.43. The number of hydrogen-bond acceptors (Lipinski definition) is 2.